The molecule has 0 radical (unpaired) electrons. The number of fused-ring (bicyclic) bond motifs is 5. The van der Waals surface area contributed by atoms with Crippen LogP contribution in [0, 0.1) is 30.6 Å². The number of carbonyl (C=O) groups excluding carboxylic acids is 3. The molecule has 5 rings (SSSR count). The first-order chi connectivity index (χ1) is 13.4. The van der Waals surface area contributed by atoms with Gasteiger partial charge in [0.1, 0.15) is 5.76 Å². The number of aromatic nitrogens is 1. The fraction of sp³-hybridized carbons (Fsp3) is 0.333. The largest absolute Gasteiger partial charge is 0.360 e. The number of nitrogens with one attached hydrogen (secondary N) is 1. The van der Waals surface area contributed by atoms with Crippen LogP contribution < -0.4 is 10.2 Å². The number of amides is 3. The minimum atomic E-state index is -0.339. The Morgan fingerprint density at radius 2 is 1.86 bits per heavy atom. The maximum Gasteiger partial charge on any atom is 0.256 e. The molecule has 1 N–H and O–H groups in total. The van der Waals surface area contributed by atoms with Crippen molar-refractivity contribution in [1.29, 1.82) is 0 Å². The maximum absolute atomic E-state index is 13.0. The summed E-state index contributed by atoms with van der Waals surface area (Å²) in [7, 11) is 0. The molecule has 7 heteroatoms. The highest BCUT2D eigenvalue weighted by molar-refractivity contribution is 6.23. The van der Waals surface area contributed by atoms with E-state index in [0.29, 0.717) is 22.8 Å². The van der Waals surface area contributed by atoms with Gasteiger partial charge in [-0.15, -0.1) is 0 Å². The van der Waals surface area contributed by atoms with Crippen LogP contribution in [0.15, 0.2) is 46.5 Å². The van der Waals surface area contributed by atoms with E-state index >= 15 is 0 Å². The van der Waals surface area contributed by atoms with Crippen LogP contribution in [0.5, 0.6) is 0 Å². The second kappa shape index (κ2) is 5.89. The molecule has 2 aliphatic carbocycles. The van der Waals surface area contributed by atoms with Gasteiger partial charge in [0.05, 0.1) is 17.5 Å². The molecule has 2 bridgehead atoms. The predicted octanol–water partition coefficient (Wildman–Crippen LogP) is 2.94. The number of hydrogen-bond donors (Lipinski definition) is 1. The molecule has 28 heavy (non-hydrogen) atoms. The molecule has 2 heterocycles. The summed E-state index contributed by atoms with van der Waals surface area (Å²) in [5, 5.41) is 6.38. The number of rotatable bonds is 3. The second-order valence-corrected chi connectivity index (χ2v) is 7.80. The number of benzene rings is 1. The van der Waals surface area contributed by atoms with Gasteiger partial charge in [-0.3, -0.25) is 19.3 Å². The molecule has 3 amide bonds. The van der Waals surface area contributed by atoms with Gasteiger partial charge in [-0.2, -0.15) is 0 Å². The van der Waals surface area contributed by atoms with Crippen LogP contribution in [0.2, 0.25) is 0 Å². The van der Waals surface area contributed by atoms with Crippen molar-refractivity contribution in [2.45, 2.75) is 20.3 Å². The van der Waals surface area contributed by atoms with Gasteiger partial charge in [0, 0.05) is 11.6 Å². The zero-order valence-electron chi connectivity index (χ0n) is 15.5. The minimum absolute atomic E-state index is 0.120. The summed E-state index contributed by atoms with van der Waals surface area (Å²) in [4.78, 5) is 39.5. The summed E-state index contributed by atoms with van der Waals surface area (Å²) in [5.41, 5.74) is 2.14. The van der Waals surface area contributed by atoms with Crippen LogP contribution >= 0.6 is 0 Å². The predicted molar refractivity (Wildman–Crippen MR) is 100 cm³/mol. The van der Waals surface area contributed by atoms with Gasteiger partial charge < -0.3 is 9.84 Å². The summed E-state index contributed by atoms with van der Waals surface area (Å²) >= 11 is 0. The smallest absolute Gasteiger partial charge is 0.256 e. The van der Waals surface area contributed by atoms with Crippen LogP contribution in [0.25, 0.3) is 0 Å². The standard InChI is InChI=1S/C21H19N3O4/c1-10-7-13-9-15(10)18-17(13)20(26)24(21(18)27)14-5-3-12(4-6-14)19(25)22-16-8-11(2)28-23-16/h3-8,13,15,17-18H,9H2,1-2H3,(H,22,23,25)/t13-,15+,17+,18+/m0/s1. The van der Waals surface area contributed by atoms with E-state index in [0.717, 1.165) is 6.42 Å². The van der Waals surface area contributed by atoms with E-state index in [2.05, 4.69) is 16.5 Å². The fourth-order valence-corrected chi connectivity index (χ4v) is 4.90. The van der Waals surface area contributed by atoms with Gasteiger partial charge in [-0.05, 0) is 56.4 Å². The van der Waals surface area contributed by atoms with E-state index in [1.54, 1.807) is 37.3 Å². The molecule has 1 saturated heterocycles. The summed E-state index contributed by atoms with van der Waals surface area (Å²) < 4.78 is 4.93. The molecule has 2 aromatic rings. The van der Waals surface area contributed by atoms with Crippen LogP contribution in [-0.2, 0) is 9.59 Å². The molecule has 1 aromatic heterocycles. The van der Waals surface area contributed by atoms with E-state index in [-0.39, 0.29) is 41.4 Å². The third kappa shape index (κ3) is 2.35. The van der Waals surface area contributed by atoms with Gasteiger partial charge in [-0.1, -0.05) is 16.8 Å². The topological polar surface area (TPSA) is 92.5 Å². The van der Waals surface area contributed by atoms with Crippen LogP contribution in [0.4, 0.5) is 11.5 Å². The fourth-order valence-electron chi connectivity index (χ4n) is 4.90. The molecule has 1 aliphatic heterocycles. The molecule has 0 spiro atoms. The molecule has 1 saturated carbocycles. The Bertz CT molecular complexity index is 1040. The minimum Gasteiger partial charge on any atom is -0.360 e. The number of aryl methyl sites for hydroxylation is 1. The lowest BCUT2D eigenvalue weighted by molar-refractivity contribution is -0.123. The number of nitrogens with zero attached hydrogens (tertiary/aromatic N) is 2. The molecular weight excluding hydrogens is 358 g/mol. The van der Waals surface area contributed by atoms with Crippen LogP contribution in [0.3, 0.4) is 0 Å². The zero-order chi connectivity index (χ0) is 19.6. The van der Waals surface area contributed by atoms with Crippen molar-refractivity contribution in [3.8, 4) is 0 Å². The van der Waals surface area contributed by atoms with Crippen LogP contribution in [-0.4, -0.2) is 22.9 Å². The first-order valence-electron chi connectivity index (χ1n) is 9.35. The molecule has 142 valence electrons. The highest BCUT2D eigenvalue weighted by Crippen LogP contribution is 2.55. The third-order valence-corrected chi connectivity index (χ3v) is 6.14. The zero-order valence-corrected chi connectivity index (χ0v) is 15.5. The van der Waals surface area contributed by atoms with E-state index in [4.69, 9.17) is 4.52 Å². The normalized spacial score (nSPS) is 27.9. The molecule has 0 unspecified atom stereocenters. The van der Waals surface area contributed by atoms with E-state index in [1.165, 1.54) is 10.5 Å². The van der Waals surface area contributed by atoms with Crippen LogP contribution in [0.1, 0.15) is 29.5 Å². The number of carbonyl (C=O) groups is 3. The number of imide groups is 1. The average Bonchev–Trinajstić information content (AvgIpc) is 3.40. The van der Waals surface area contributed by atoms with Gasteiger partial charge in [0.25, 0.3) is 5.91 Å². The van der Waals surface area contributed by atoms with Gasteiger partial charge >= 0.3 is 0 Å². The summed E-state index contributed by atoms with van der Waals surface area (Å²) in [5.74, 6) is 0.240. The SMILES string of the molecule is CC1=C[C@H]2C[C@H]1[C@H]1C(=O)N(c3ccc(C(=O)Nc4cc(C)on4)cc3)C(=O)[C@@H]12. The Hall–Kier alpha value is -3.22. The monoisotopic (exact) mass is 377 g/mol. The van der Waals surface area contributed by atoms with E-state index < -0.39 is 0 Å². The lowest BCUT2D eigenvalue weighted by Crippen LogP contribution is -2.33. The molecule has 3 aliphatic rings. The number of anilines is 2. The lowest BCUT2D eigenvalue weighted by Gasteiger charge is -2.19. The van der Waals surface area contributed by atoms with Crippen molar-refractivity contribution in [3.63, 3.8) is 0 Å². The van der Waals surface area contributed by atoms with Crippen molar-refractivity contribution in [2.75, 3.05) is 10.2 Å². The number of hydrogen-bond acceptors (Lipinski definition) is 5. The van der Waals surface area contributed by atoms with E-state index in [9.17, 15) is 14.4 Å². The van der Waals surface area contributed by atoms with E-state index in [1.807, 2.05) is 6.92 Å². The van der Waals surface area contributed by atoms with Crippen molar-refractivity contribution >= 4 is 29.2 Å². The Kier molecular flexibility index (Phi) is 3.56. The maximum atomic E-state index is 13.0. The van der Waals surface area contributed by atoms with Crippen molar-refractivity contribution < 1.29 is 18.9 Å². The quantitative estimate of drug-likeness (QED) is 0.656. The Morgan fingerprint density at radius 3 is 2.54 bits per heavy atom. The summed E-state index contributed by atoms with van der Waals surface area (Å²) in [6.45, 7) is 3.78. The highest BCUT2D eigenvalue weighted by Gasteiger charge is 2.60. The molecule has 7 nitrogen and oxygen atoms in total. The van der Waals surface area contributed by atoms with Crippen molar-refractivity contribution in [1.82, 2.24) is 5.16 Å². The van der Waals surface area contributed by atoms with Gasteiger partial charge in [-0.25, -0.2) is 0 Å². The lowest BCUT2D eigenvalue weighted by atomic mass is 9.82. The Morgan fingerprint density at radius 1 is 1.14 bits per heavy atom. The van der Waals surface area contributed by atoms with Crippen molar-refractivity contribution in [3.05, 3.63) is 53.3 Å². The molecule has 2 fully saturated rings. The first kappa shape index (κ1) is 16.9. The first-order valence-corrected chi connectivity index (χ1v) is 9.35. The highest BCUT2D eigenvalue weighted by atomic mass is 16.5. The molecule has 4 atom stereocenters. The molecule has 1 aromatic carbocycles. The average molecular weight is 377 g/mol. The Balaban J connectivity index is 1.36. The third-order valence-electron chi connectivity index (χ3n) is 6.14. The summed E-state index contributed by atoms with van der Waals surface area (Å²) in [6, 6.07) is 8.11. The number of allylic oxidation sites excluding steroid dienone is 2. The molecular formula is C21H19N3O4. The van der Waals surface area contributed by atoms with Gasteiger partial charge in [0.2, 0.25) is 11.8 Å². The Labute approximate surface area is 161 Å². The summed E-state index contributed by atoms with van der Waals surface area (Å²) in [6.07, 6.45) is 3.06. The van der Waals surface area contributed by atoms with Crippen molar-refractivity contribution in [2.24, 2.45) is 23.7 Å². The van der Waals surface area contributed by atoms with Gasteiger partial charge in [0.15, 0.2) is 5.82 Å². The second-order valence-electron chi connectivity index (χ2n) is 7.80.